The van der Waals surface area contributed by atoms with Crippen LogP contribution in [-0.4, -0.2) is 23.0 Å². The second-order valence-electron chi connectivity index (χ2n) is 6.26. The Hall–Kier alpha value is -3.41. The van der Waals surface area contributed by atoms with Gasteiger partial charge in [-0.3, -0.25) is 4.79 Å². The van der Waals surface area contributed by atoms with E-state index in [1.54, 1.807) is 19.4 Å². The van der Waals surface area contributed by atoms with Crippen molar-refractivity contribution in [3.05, 3.63) is 77.1 Å². The predicted molar refractivity (Wildman–Crippen MR) is 105 cm³/mol. The Morgan fingerprint density at radius 1 is 1.04 bits per heavy atom. The number of carbonyl (C=O) groups excluding carboxylic acids is 1. The molecule has 0 spiro atoms. The second kappa shape index (κ2) is 8.31. The molecule has 0 atom stereocenters. The van der Waals surface area contributed by atoms with E-state index in [9.17, 15) is 4.79 Å². The van der Waals surface area contributed by atoms with Crippen molar-refractivity contribution >= 4 is 17.5 Å². The van der Waals surface area contributed by atoms with Crippen LogP contribution < -0.4 is 15.4 Å². The van der Waals surface area contributed by atoms with E-state index in [1.165, 1.54) is 5.56 Å². The van der Waals surface area contributed by atoms with Crippen LogP contribution in [0.2, 0.25) is 0 Å². The molecule has 0 aliphatic heterocycles. The average molecular weight is 362 g/mol. The van der Waals surface area contributed by atoms with E-state index in [-0.39, 0.29) is 5.91 Å². The van der Waals surface area contributed by atoms with E-state index >= 15 is 0 Å². The number of amides is 1. The van der Waals surface area contributed by atoms with Crippen molar-refractivity contribution in [2.24, 2.45) is 0 Å². The predicted octanol–water partition coefficient (Wildman–Crippen LogP) is 3.78. The Labute approximate surface area is 158 Å². The lowest BCUT2D eigenvalue weighted by atomic mass is 10.1. The van der Waals surface area contributed by atoms with E-state index in [4.69, 9.17) is 4.74 Å². The zero-order valence-corrected chi connectivity index (χ0v) is 15.6. The fourth-order valence-electron chi connectivity index (χ4n) is 2.56. The van der Waals surface area contributed by atoms with Gasteiger partial charge >= 0.3 is 0 Å². The minimum Gasteiger partial charge on any atom is -0.495 e. The Morgan fingerprint density at radius 3 is 2.52 bits per heavy atom. The summed E-state index contributed by atoms with van der Waals surface area (Å²) in [4.78, 5) is 20.9. The lowest BCUT2D eigenvalue weighted by Crippen LogP contribution is -2.24. The number of nitrogens with one attached hydrogen (secondary N) is 2. The smallest absolute Gasteiger partial charge is 0.270 e. The van der Waals surface area contributed by atoms with Gasteiger partial charge in [-0.15, -0.1) is 0 Å². The SMILES string of the molecule is COc1ccc(C)cc1Nc1nccc(C(=O)NCc2ccc(C)cc2)n1. The molecule has 6 heteroatoms. The van der Waals surface area contributed by atoms with Gasteiger partial charge in [-0.2, -0.15) is 0 Å². The first-order valence-electron chi connectivity index (χ1n) is 8.63. The molecule has 27 heavy (non-hydrogen) atoms. The van der Waals surface area contributed by atoms with Gasteiger partial charge in [0.15, 0.2) is 0 Å². The van der Waals surface area contributed by atoms with E-state index in [0.717, 1.165) is 16.8 Å². The standard InChI is InChI=1S/C21H22N4O2/c1-14-4-7-16(8-5-14)13-23-20(26)17-10-11-22-21(24-17)25-18-12-15(2)6-9-19(18)27-3/h4-12H,13H2,1-3H3,(H,23,26)(H,22,24,25). The first-order valence-corrected chi connectivity index (χ1v) is 8.63. The number of aryl methyl sites for hydroxylation is 2. The van der Waals surface area contributed by atoms with E-state index in [0.29, 0.717) is 23.9 Å². The number of rotatable bonds is 6. The van der Waals surface area contributed by atoms with Crippen LogP contribution in [0.1, 0.15) is 27.2 Å². The lowest BCUT2D eigenvalue weighted by molar-refractivity contribution is 0.0946. The molecule has 1 heterocycles. The number of hydrogen-bond donors (Lipinski definition) is 2. The molecule has 0 radical (unpaired) electrons. The van der Waals surface area contributed by atoms with Gasteiger partial charge in [0.2, 0.25) is 5.95 Å². The van der Waals surface area contributed by atoms with Crippen molar-refractivity contribution < 1.29 is 9.53 Å². The molecular weight excluding hydrogens is 340 g/mol. The third kappa shape index (κ3) is 4.82. The first kappa shape index (κ1) is 18.4. The van der Waals surface area contributed by atoms with Gasteiger partial charge in [0, 0.05) is 12.7 Å². The normalized spacial score (nSPS) is 10.3. The van der Waals surface area contributed by atoms with Crippen molar-refractivity contribution in [2.45, 2.75) is 20.4 Å². The fraction of sp³-hybridized carbons (Fsp3) is 0.190. The molecule has 2 N–H and O–H groups in total. The van der Waals surface area contributed by atoms with E-state index in [1.807, 2.05) is 56.3 Å². The maximum atomic E-state index is 12.4. The van der Waals surface area contributed by atoms with Crippen LogP contribution in [0, 0.1) is 13.8 Å². The summed E-state index contributed by atoms with van der Waals surface area (Å²) < 4.78 is 5.35. The number of hydrogen-bond acceptors (Lipinski definition) is 5. The van der Waals surface area contributed by atoms with Crippen molar-refractivity contribution in [3.8, 4) is 5.75 Å². The molecule has 0 saturated carbocycles. The molecule has 1 aromatic heterocycles. The van der Waals surface area contributed by atoms with Crippen molar-refractivity contribution in [1.82, 2.24) is 15.3 Å². The Morgan fingerprint density at radius 2 is 1.78 bits per heavy atom. The summed E-state index contributed by atoms with van der Waals surface area (Å²) >= 11 is 0. The zero-order chi connectivity index (χ0) is 19.2. The van der Waals surface area contributed by atoms with Gasteiger partial charge in [-0.1, -0.05) is 35.9 Å². The Balaban J connectivity index is 1.70. The van der Waals surface area contributed by atoms with Gasteiger partial charge < -0.3 is 15.4 Å². The molecular formula is C21H22N4O2. The number of aromatic nitrogens is 2. The van der Waals surface area contributed by atoms with Crippen molar-refractivity contribution in [1.29, 1.82) is 0 Å². The average Bonchev–Trinajstić information content (AvgIpc) is 2.68. The summed E-state index contributed by atoms with van der Waals surface area (Å²) in [6.07, 6.45) is 1.55. The van der Waals surface area contributed by atoms with Crippen molar-refractivity contribution in [2.75, 3.05) is 12.4 Å². The highest BCUT2D eigenvalue weighted by atomic mass is 16.5. The van der Waals surface area contributed by atoms with E-state index in [2.05, 4.69) is 20.6 Å². The molecule has 0 fully saturated rings. The molecule has 3 aromatic rings. The molecule has 0 unspecified atom stereocenters. The minimum atomic E-state index is -0.253. The number of carbonyl (C=O) groups is 1. The van der Waals surface area contributed by atoms with Crippen LogP contribution >= 0.6 is 0 Å². The lowest BCUT2D eigenvalue weighted by Gasteiger charge is -2.11. The van der Waals surface area contributed by atoms with Crippen LogP contribution in [0.4, 0.5) is 11.6 Å². The van der Waals surface area contributed by atoms with Crippen LogP contribution in [0.3, 0.4) is 0 Å². The van der Waals surface area contributed by atoms with Crippen LogP contribution in [0.25, 0.3) is 0 Å². The maximum absolute atomic E-state index is 12.4. The maximum Gasteiger partial charge on any atom is 0.270 e. The number of nitrogens with zero attached hydrogens (tertiary/aromatic N) is 2. The summed E-state index contributed by atoms with van der Waals surface area (Å²) in [5.41, 5.74) is 4.33. The highest BCUT2D eigenvalue weighted by Crippen LogP contribution is 2.27. The molecule has 6 nitrogen and oxygen atoms in total. The van der Waals surface area contributed by atoms with Crippen molar-refractivity contribution in [3.63, 3.8) is 0 Å². The molecule has 0 aliphatic rings. The largest absolute Gasteiger partial charge is 0.495 e. The van der Waals surface area contributed by atoms with Crippen LogP contribution in [-0.2, 0) is 6.54 Å². The molecule has 1 amide bonds. The summed E-state index contributed by atoms with van der Waals surface area (Å²) in [7, 11) is 1.60. The minimum absolute atomic E-state index is 0.253. The molecule has 0 saturated heterocycles. The van der Waals surface area contributed by atoms with Gasteiger partial charge in [0.1, 0.15) is 11.4 Å². The zero-order valence-electron chi connectivity index (χ0n) is 15.6. The molecule has 0 bridgehead atoms. The Bertz CT molecular complexity index is 939. The monoisotopic (exact) mass is 362 g/mol. The third-order valence-corrected chi connectivity index (χ3v) is 4.06. The quantitative estimate of drug-likeness (QED) is 0.698. The van der Waals surface area contributed by atoms with Crippen LogP contribution in [0.5, 0.6) is 5.75 Å². The molecule has 3 rings (SSSR count). The summed E-state index contributed by atoms with van der Waals surface area (Å²) in [6, 6.07) is 15.4. The number of benzene rings is 2. The first-order chi connectivity index (χ1) is 13.0. The fourth-order valence-corrected chi connectivity index (χ4v) is 2.56. The van der Waals surface area contributed by atoms with E-state index < -0.39 is 0 Å². The van der Waals surface area contributed by atoms with Gasteiger partial charge in [-0.25, -0.2) is 9.97 Å². The number of anilines is 2. The Kier molecular flexibility index (Phi) is 5.66. The van der Waals surface area contributed by atoms with Gasteiger partial charge in [0.05, 0.1) is 12.8 Å². The van der Waals surface area contributed by atoms with Gasteiger partial charge in [-0.05, 0) is 43.2 Å². The molecule has 2 aromatic carbocycles. The number of ether oxygens (including phenoxy) is 1. The third-order valence-electron chi connectivity index (χ3n) is 4.06. The second-order valence-corrected chi connectivity index (χ2v) is 6.26. The highest BCUT2D eigenvalue weighted by Gasteiger charge is 2.10. The highest BCUT2D eigenvalue weighted by molar-refractivity contribution is 5.92. The summed E-state index contributed by atoms with van der Waals surface area (Å²) in [6.45, 7) is 4.46. The topological polar surface area (TPSA) is 76.1 Å². The van der Waals surface area contributed by atoms with Gasteiger partial charge in [0.25, 0.3) is 5.91 Å². The number of methoxy groups -OCH3 is 1. The summed E-state index contributed by atoms with van der Waals surface area (Å²) in [5.74, 6) is 0.762. The molecule has 138 valence electrons. The molecule has 0 aliphatic carbocycles. The summed E-state index contributed by atoms with van der Waals surface area (Å²) in [5, 5.41) is 5.99. The van der Waals surface area contributed by atoms with Crippen LogP contribution in [0.15, 0.2) is 54.7 Å².